The van der Waals surface area contributed by atoms with E-state index in [9.17, 15) is 4.79 Å². The number of rotatable bonds is 1. The van der Waals surface area contributed by atoms with Crippen molar-refractivity contribution in [3.05, 3.63) is 35.6 Å². The second kappa shape index (κ2) is 3.05. The maximum Gasteiger partial charge on any atom is 0.331 e. The van der Waals surface area contributed by atoms with Gasteiger partial charge in [0.1, 0.15) is 0 Å². The van der Waals surface area contributed by atoms with Crippen molar-refractivity contribution < 1.29 is 9.90 Å². The zero-order valence-corrected chi connectivity index (χ0v) is 5.95. The van der Waals surface area contributed by atoms with Gasteiger partial charge in [0.2, 0.25) is 0 Å². The van der Waals surface area contributed by atoms with Gasteiger partial charge >= 0.3 is 5.97 Å². The van der Waals surface area contributed by atoms with Gasteiger partial charge in [0, 0.05) is 12.0 Å². The van der Waals surface area contributed by atoms with Gasteiger partial charge in [-0.15, -0.1) is 0 Å². The van der Waals surface area contributed by atoms with Crippen LogP contribution in [0.1, 0.15) is 6.42 Å². The molecule has 0 aliphatic heterocycles. The van der Waals surface area contributed by atoms with Crippen molar-refractivity contribution in [2.75, 3.05) is 0 Å². The van der Waals surface area contributed by atoms with Crippen LogP contribution in [-0.4, -0.2) is 11.1 Å². The molecular formula is C8H9NO2. The van der Waals surface area contributed by atoms with Gasteiger partial charge in [0.15, 0.2) is 0 Å². The third kappa shape index (κ3) is 1.70. The van der Waals surface area contributed by atoms with Gasteiger partial charge in [0.05, 0.1) is 0 Å². The second-order valence-electron chi connectivity index (χ2n) is 2.27. The predicted octanol–water partition coefficient (Wildman–Crippen LogP) is 0.800. The third-order valence-corrected chi connectivity index (χ3v) is 1.49. The molecule has 0 spiro atoms. The van der Waals surface area contributed by atoms with E-state index in [1.165, 1.54) is 6.20 Å². The molecule has 0 radical (unpaired) electrons. The van der Waals surface area contributed by atoms with Crippen LogP contribution in [0.5, 0.6) is 0 Å². The number of carboxylic acid groups (broad SMARTS) is 1. The van der Waals surface area contributed by atoms with Crippen LogP contribution in [0.15, 0.2) is 35.6 Å². The number of nitrogens with two attached hydrogens (primary N) is 1. The first-order valence-corrected chi connectivity index (χ1v) is 3.25. The van der Waals surface area contributed by atoms with Crippen molar-refractivity contribution in [3.63, 3.8) is 0 Å². The normalized spacial score (nSPS) is 20.0. The van der Waals surface area contributed by atoms with Crippen molar-refractivity contribution in [1.82, 2.24) is 0 Å². The molecular weight excluding hydrogens is 142 g/mol. The Kier molecular flexibility index (Phi) is 2.11. The molecule has 1 aliphatic carbocycles. The van der Waals surface area contributed by atoms with E-state index < -0.39 is 5.97 Å². The van der Waals surface area contributed by atoms with Crippen molar-refractivity contribution in [3.8, 4) is 0 Å². The zero-order chi connectivity index (χ0) is 8.27. The minimum atomic E-state index is -0.881. The number of carbonyl (C=O) groups is 1. The second-order valence-corrected chi connectivity index (χ2v) is 2.27. The molecule has 0 aromatic rings. The van der Waals surface area contributed by atoms with Crippen LogP contribution < -0.4 is 5.73 Å². The molecule has 0 atom stereocenters. The number of hydrogen-bond acceptors (Lipinski definition) is 2. The molecule has 1 aliphatic rings. The summed E-state index contributed by atoms with van der Waals surface area (Å²) in [6, 6.07) is 0. The lowest BCUT2D eigenvalue weighted by Crippen LogP contribution is -2.04. The highest BCUT2D eigenvalue weighted by Crippen LogP contribution is 2.16. The molecule has 3 heteroatoms. The predicted molar refractivity (Wildman–Crippen MR) is 41.7 cm³/mol. The Morgan fingerprint density at radius 3 is 3.00 bits per heavy atom. The summed E-state index contributed by atoms with van der Waals surface area (Å²) in [5.41, 5.74) is 6.45. The van der Waals surface area contributed by atoms with Crippen molar-refractivity contribution >= 4 is 5.97 Å². The monoisotopic (exact) mass is 151 g/mol. The Balaban J connectivity index is 2.81. The zero-order valence-electron chi connectivity index (χ0n) is 5.95. The molecule has 0 aromatic heterocycles. The van der Waals surface area contributed by atoms with Gasteiger partial charge in [-0.3, -0.25) is 0 Å². The number of aliphatic carboxylic acids is 1. The summed E-state index contributed by atoms with van der Waals surface area (Å²) in [6.07, 6.45) is 6.90. The van der Waals surface area contributed by atoms with Gasteiger partial charge in [-0.1, -0.05) is 18.2 Å². The molecule has 0 unspecified atom stereocenters. The molecule has 0 fully saturated rings. The average molecular weight is 151 g/mol. The molecule has 0 bridgehead atoms. The Morgan fingerprint density at radius 1 is 1.73 bits per heavy atom. The fourth-order valence-electron chi connectivity index (χ4n) is 0.887. The van der Waals surface area contributed by atoms with E-state index in [1.54, 1.807) is 18.2 Å². The summed E-state index contributed by atoms with van der Waals surface area (Å²) in [6.45, 7) is 0. The van der Waals surface area contributed by atoms with Crippen LogP contribution in [0.25, 0.3) is 0 Å². The summed E-state index contributed by atoms with van der Waals surface area (Å²) < 4.78 is 0. The highest BCUT2D eigenvalue weighted by atomic mass is 16.4. The molecule has 0 saturated carbocycles. The quantitative estimate of drug-likeness (QED) is 0.582. The highest BCUT2D eigenvalue weighted by Gasteiger charge is 2.09. The molecule has 11 heavy (non-hydrogen) atoms. The lowest BCUT2D eigenvalue weighted by molar-refractivity contribution is -0.132. The average Bonchev–Trinajstić information content (AvgIpc) is 2.05. The van der Waals surface area contributed by atoms with Crippen LogP contribution in [0.3, 0.4) is 0 Å². The summed E-state index contributed by atoms with van der Waals surface area (Å²) in [5.74, 6) is -0.881. The first kappa shape index (κ1) is 7.60. The minimum Gasteiger partial charge on any atom is -0.478 e. The van der Waals surface area contributed by atoms with E-state index in [0.29, 0.717) is 12.0 Å². The molecule has 58 valence electrons. The van der Waals surface area contributed by atoms with E-state index in [1.807, 2.05) is 0 Å². The summed E-state index contributed by atoms with van der Waals surface area (Å²) in [4.78, 5) is 10.4. The Morgan fingerprint density at radius 2 is 2.45 bits per heavy atom. The van der Waals surface area contributed by atoms with Gasteiger partial charge in [0.25, 0.3) is 0 Å². The summed E-state index contributed by atoms with van der Waals surface area (Å²) in [5, 5.41) is 8.58. The lowest BCUT2D eigenvalue weighted by atomic mass is 10.0. The van der Waals surface area contributed by atoms with Crippen LogP contribution in [-0.2, 0) is 4.79 Å². The van der Waals surface area contributed by atoms with E-state index in [4.69, 9.17) is 10.8 Å². The van der Waals surface area contributed by atoms with Gasteiger partial charge in [-0.25, -0.2) is 4.79 Å². The fraction of sp³-hybridized carbons (Fsp3) is 0.125. The largest absolute Gasteiger partial charge is 0.478 e. The minimum absolute atomic E-state index is 0.379. The van der Waals surface area contributed by atoms with E-state index in [-0.39, 0.29) is 0 Å². The first-order valence-electron chi connectivity index (χ1n) is 3.25. The van der Waals surface area contributed by atoms with Crippen molar-refractivity contribution in [2.24, 2.45) is 5.73 Å². The molecule has 0 saturated heterocycles. The molecule has 0 heterocycles. The number of allylic oxidation sites excluding steroid dienone is 4. The van der Waals surface area contributed by atoms with E-state index in [2.05, 4.69) is 0 Å². The van der Waals surface area contributed by atoms with Crippen LogP contribution in [0.4, 0.5) is 0 Å². The van der Waals surface area contributed by atoms with Gasteiger partial charge in [-0.2, -0.15) is 0 Å². The van der Waals surface area contributed by atoms with Crippen LogP contribution in [0, 0.1) is 0 Å². The Labute approximate surface area is 64.5 Å². The molecule has 1 rings (SSSR count). The SMILES string of the molecule is NC=C1C=CC=C(C(=O)O)C1. The Hall–Kier alpha value is -1.51. The maximum atomic E-state index is 10.4. The number of carboxylic acids is 1. The topological polar surface area (TPSA) is 63.3 Å². The fourth-order valence-corrected chi connectivity index (χ4v) is 0.887. The van der Waals surface area contributed by atoms with E-state index >= 15 is 0 Å². The molecule has 0 amide bonds. The maximum absolute atomic E-state index is 10.4. The van der Waals surface area contributed by atoms with Gasteiger partial charge in [-0.05, 0) is 11.8 Å². The Bertz CT molecular complexity index is 261. The molecule has 3 nitrogen and oxygen atoms in total. The lowest BCUT2D eigenvalue weighted by Gasteiger charge is -2.05. The van der Waals surface area contributed by atoms with E-state index in [0.717, 1.165) is 5.57 Å². The van der Waals surface area contributed by atoms with Gasteiger partial charge < -0.3 is 10.8 Å². The van der Waals surface area contributed by atoms with Crippen LogP contribution in [0.2, 0.25) is 0 Å². The highest BCUT2D eigenvalue weighted by molar-refractivity contribution is 5.88. The van der Waals surface area contributed by atoms with Crippen molar-refractivity contribution in [2.45, 2.75) is 6.42 Å². The van der Waals surface area contributed by atoms with Crippen LogP contribution >= 0.6 is 0 Å². The standard InChI is InChI=1S/C8H9NO2/c9-5-6-2-1-3-7(4-6)8(10)11/h1-3,5H,4,9H2,(H,10,11). The summed E-state index contributed by atoms with van der Waals surface area (Å²) >= 11 is 0. The smallest absolute Gasteiger partial charge is 0.331 e. The summed E-state index contributed by atoms with van der Waals surface area (Å²) in [7, 11) is 0. The molecule has 3 N–H and O–H groups in total. The van der Waals surface area contributed by atoms with Crippen molar-refractivity contribution in [1.29, 1.82) is 0 Å². The molecule has 0 aromatic carbocycles. The third-order valence-electron chi connectivity index (χ3n) is 1.49. The number of hydrogen-bond donors (Lipinski definition) is 2. The first-order chi connectivity index (χ1) is 5.24.